The van der Waals surface area contributed by atoms with Gasteiger partial charge in [0.05, 0.1) is 5.41 Å². The highest BCUT2D eigenvalue weighted by Gasteiger charge is 2.80. The molecular formula is C14H15N5O7. The molecule has 1 saturated heterocycles. The fraction of sp³-hybridized carbons (Fsp3) is 0.571. The first kappa shape index (κ1) is 17.7. The molecule has 0 bridgehead atoms. The fourth-order valence-corrected chi connectivity index (χ4v) is 3.36. The number of ether oxygens (including phenoxy) is 3. The molecule has 138 valence electrons. The van der Waals surface area contributed by atoms with Gasteiger partial charge >= 0.3 is 17.6 Å². The van der Waals surface area contributed by atoms with E-state index >= 15 is 0 Å². The lowest BCUT2D eigenvalue weighted by Gasteiger charge is -2.28. The van der Waals surface area contributed by atoms with Crippen molar-refractivity contribution in [2.75, 3.05) is 6.54 Å². The third-order valence-corrected chi connectivity index (χ3v) is 4.42. The Hall–Kier alpha value is -3.11. The summed E-state index contributed by atoms with van der Waals surface area (Å²) in [5.41, 5.74) is 6.20. The summed E-state index contributed by atoms with van der Waals surface area (Å²) in [6, 6.07) is 1.11. The molecule has 1 N–H and O–H groups in total. The number of rotatable bonds is 5. The van der Waals surface area contributed by atoms with Crippen molar-refractivity contribution >= 4 is 11.9 Å². The van der Waals surface area contributed by atoms with Crippen LogP contribution in [-0.4, -0.2) is 46.3 Å². The zero-order valence-electron chi connectivity index (χ0n) is 13.8. The van der Waals surface area contributed by atoms with Crippen LogP contribution in [0.25, 0.3) is 10.4 Å². The first-order valence-electron chi connectivity index (χ1n) is 7.63. The zero-order chi connectivity index (χ0) is 19.1. The van der Waals surface area contributed by atoms with Crippen molar-refractivity contribution < 1.29 is 23.8 Å². The maximum absolute atomic E-state index is 12.1. The van der Waals surface area contributed by atoms with E-state index < -0.39 is 53.1 Å². The summed E-state index contributed by atoms with van der Waals surface area (Å²) in [4.78, 5) is 51.0. The van der Waals surface area contributed by atoms with Gasteiger partial charge in [-0.2, -0.15) is 0 Å². The molecule has 0 spiro atoms. The molecule has 26 heavy (non-hydrogen) atoms. The summed E-state index contributed by atoms with van der Waals surface area (Å²) in [6.07, 6.45) is -2.46. The van der Waals surface area contributed by atoms with Crippen molar-refractivity contribution in [3.63, 3.8) is 0 Å². The van der Waals surface area contributed by atoms with Crippen molar-refractivity contribution in [3.05, 3.63) is 43.5 Å². The van der Waals surface area contributed by atoms with E-state index in [0.717, 1.165) is 10.6 Å². The number of azide groups is 1. The summed E-state index contributed by atoms with van der Waals surface area (Å²) >= 11 is 0. The molecule has 1 unspecified atom stereocenters. The third-order valence-electron chi connectivity index (χ3n) is 4.42. The molecule has 2 aliphatic rings. The lowest BCUT2D eigenvalue weighted by atomic mass is 9.98. The molecular weight excluding hydrogens is 350 g/mol. The van der Waals surface area contributed by atoms with Crippen LogP contribution < -0.4 is 11.2 Å². The number of aromatic amines is 1. The molecule has 1 aliphatic heterocycles. The van der Waals surface area contributed by atoms with Gasteiger partial charge in [0.25, 0.3) is 5.56 Å². The third kappa shape index (κ3) is 2.74. The van der Waals surface area contributed by atoms with E-state index in [0.29, 0.717) is 0 Å². The standard InChI is InChI=1S/C14H15N5O7/c1-6(20)24-9-10-14(9,5-16-18-15)11(25-7(2)21)12(26-10)19-4-3-8(22)17-13(19)23/h3-4,9-12H,5H2,1-2H3,(H,17,22,23)/t9?,10-,11+,12-,14+/m1/s1. The maximum atomic E-state index is 12.1. The number of H-pyrrole nitrogens is 1. The molecule has 2 heterocycles. The first-order valence-corrected chi connectivity index (χ1v) is 7.63. The quantitative estimate of drug-likeness (QED) is 0.321. The molecule has 12 heteroatoms. The van der Waals surface area contributed by atoms with Crippen molar-refractivity contribution in [2.45, 2.75) is 38.4 Å². The minimum Gasteiger partial charge on any atom is -0.459 e. The SMILES string of the molecule is CC(=O)OC1[C@H]2O[C@@H](n3ccc(=O)[nH]c3=O)[C@H](OC(C)=O)[C@@]12CN=[N+]=[N-]. The molecule has 1 aromatic rings. The Morgan fingerprint density at radius 1 is 1.35 bits per heavy atom. The lowest BCUT2D eigenvalue weighted by molar-refractivity contribution is -0.167. The zero-order valence-corrected chi connectivity index (χ0v) is 13.8. The van der Waals surface area contributed by atoms with Crippen LogP contribution >= 0.6 is 0 Å². The van der Waals surface area contributed by atoms with Crippen molar-refractivity contribution in [1.29, 1.82) is 0 Å². The van der Waals surface area contributed by atoms with Crippen LogP contribution in [-0.2, 0) is 23.8 Å². The average Bonchev–Trinajstić information content (AvgIpc) is 3.00. The predicted octanol–water partition coefficient (Wildman–Crippen LogP) is -0.392. The van der Waals surface area contributed by atoms with Gasteiger partial charge < -0.3 is 14.2 Å². The summed E-state index contributed by atoms with van der Waals surface area (Å²) in [5, 5.41) is 3.52. The second kappa shape index (κ2) is 6.32. The Morgan fingerprint density at radius 3 is 2.58 bits per heavy atom. The number of nitrogens with zero attached hydrogens (tertiary/aromatic N) is 4. The minimum atomic E-state index is -1.11. The van der Waals surface area contributed by atoms with Crippen LogP contribution in [0.2, 0.25) is 0 Å². The van der Waals surface area contributed by atoms with Gasteiger partial charge in [0.1, 0.15) is 12.2 Å². The Bertz CT molecular complexity index is 917. The van der Waals surface area contributed by atoms with E-state index in [2.05, 4.69) is 15.0 Å². The molecule has 1 aliphatic carbocycles. The molecule has 0 aromatic carbocycles. The smallest absolute Gasteiger partial charge is 0.330 e. The second-order valence-electron chi connectivity index (χ2n) is 6.03. The second-order valence-corrected chi connectivity index (χ2v) is 6.03. The molecule has 3 rings (SSSR count). The van der Waals surface area contributed by atoms with Crippen molar-refractivity contribution in [1.82, 2.24) is 9.55 Å². The van der Waals surface area contributed by atoms with Gasteiger partial charge in [-0.05, 0) is 5.53 Å². The van der Waals surface area contributed by atoms with Crippen LogP contribution in [0.3, 0.4) is 0 Å². The molecule has 2 fully saturated rings. The highest BCUT2D eigenvalue weighted by atomic mass is 16.6. The van der Waals surface area contributed by atoms with E-state index in [1.54, 1.807) is 0 Å². The maximum Gasteiger partial charge on any atom is 0.330 e. The summed E-state index contributed by atoms with van der Waals surface area (Å²) in [7, 11) is 0. The summed E-state index contributed by atoms with van der Waals surface area (Å²) in [6.45, 7) is 2.21. The predicted molar refractivity (Wildman–Crippen MR) is 82.8 cm³/mol. The van der Waals surface area contributed by atoms with E-state index in [1.807, 2.05) is 0 Å². The molecule has 0 radical (unpaired) electrons. The van der Waals surface area contributed by atoms with Crippen LogP contribution in [0, 0.1) is 5.41 Å². The topological polar surface area (TPSA) is 165 Å². The summed E-state index contributed by atoms with van der Waals surface area (Å²) in [5.74, 6) is -1.23. The normalized spacial score (nSPS) is 31.5. The van der Waals surface area contributed by atoms with E-state index in [-0.39, 0.29) is 6.54 Å². The van der Waals surface area contributed by atoms with Crippen LogP contribution in [0.1, 0.15) is 20.1 Å². The highest BCUT2D eigenvalue weighted by Crippen LogP contribution is 2.63. The van der Waals surface area contributed by atoms with Crippen LogP contribution in [0.15, 0.2) is 27.0 Å². The Labute approximate surface area is 145 Å². The molecule has 1 aromatic heterocycles. The largest absolute Gasteiger partial charge is 0.459 e. The van der Waals surface area contributed by atoms with Gasteiger partial charge in [0, 0.05) is 37.6 Å². The lowest BCUT2D eigenvalue weighted by Crippen LogP contribution is -2.43. The van der Waals surface area contributed by atoms with Gasteiger partial charge in [-0.1, -0.05) is 5.11 Å². The molecule has 0 amide bonds. The van der Waals surface area contributed by atoms with Gasteiger partial charge in [0.15, 0.2) is 12.3 Å². The first-order chi connectivity index (χ1) is 12.3. The van der Waals surface area contributed by atoms with Gasteiger partial charge in [0.2, 0.25) is 0 Å². The summed E-state index contributed by atoms with van der Waals surface area (Å²) < 4.78 is 17.4. The number of esters is 2. The minimum absolute atomic E-state index is 0.168. The van der Waals surface area contributed by atoms with E-state index in [4.69, 9.17) is 19.7 Å². The number of carbonyl (C=O) groups excluding carboxylic acids is 2. The Balaban J connectivity index is 2.02. The Morgan fingerprint density at radius 2 is 2.00 bits per heavy atom. The number of nitrogens with one attached hydrogen (secondary N) is 1. The number of hydrogen-bond acceptors (Lipinski definition) is 8. The number of hydrogen-bond donors (Lipinski definition) is 1. The monoisotopic (exact) mass is 365 g/mol. The van der Waals surface area contributed by atoms with Gasteiger partial charge in [-0.3, -0.25) is 23.9 Å². The van der Waals surface area contributed by atoms with Crippen LogP contribution in [0.4, 0.5) is 0 Å². The number of aromatic nitrogens is 2. The number of fused-ring (bicyclic) bond motifs is 1. The number of carbonyl (C=O) groups is 2. The van der Waals surface area contributed by atoms with Gasteiger partial charge in [-0.15, -0.1) is 0 Å². The fourth-order valence-electron chi connectivity index (χ4n) is 3.36. The average molecular weight is 365 g/mol. The molecule has 5 atom stereocenters. The highest BCUT2D eigenvalue weighted by molar-refractivity contribution is 5.68. The molecule has 12 nitrogen and oxygen atoms in total. The van der Waals surface area contributed by atoms with Crippen LogP contribution in [0.5, 0.6) is 0 Å². The Kier molecular flexibility index (Phi) is 4.30. The van der Waals surface area contributed by atoms with Crippen molar-refractivity contribution in [3.8, 4) is 0 Å². The molecule has 1 saturated carbocycles. The van der Waals surface area contributed by atoms with E-state index in [9.17, 15) is 19.2 Å². The van der Waals surface area contributed by atoms with Crippen molar-refractivity contribution in [2.24, 2.45) is 10.5 Å². The van der Waals surface area contributed by atoms with Gasteiger partial charge in [-0.25, -0.2) is 4.79 Å². The van der Waals surface area contributed by atoms with E-state index in [1.165, 1.54) is 20.0 Å².